The molecule has 5 aromatic rings. The van der Waals surface area contributed by atoms with Crippen molar-refractivity contribution < 1.29 is 32.1 Å². The van der Waals surface area contributed by atoms with Gasteiger partial charge in [-0.15, -0.1) is 0 Å². The number of benzene rings is 4. The molecule has 1 aliphatic heterocycles. The normalized spacial score (nSPS) is 12.7. The third-order valence-electron chi connectivity index (χ3n) is 6.60. The third-order valence-corrected chi connectivity index (χ3v) is 6.88. The maximum absolute atomic E-state index is 13.5. The van der Waals surface area contributed by atoms with Crippen molar-refractivity contribution in [3.63, 3.8) is 0 Å². The summed E-state index contributed by atoms with van der Waals surface area (Å²) in [7, 11) is 1.45. The number of alkyl halides is 3. The molecule has 43 heavy (non-hydrogen) atoms. The van der Waals surface area contributed by atoms with Crippen LogP contribution in [-0.2, 0) is 12.8 Å². The minimum absolute atomic E-state index is 0.0622. The van der Waals surface area contributed by atoms with E-state index >= 15 is 0 Å². The molecule has 12 heteroatoms. The average Bonchev–Trinajstić information content (AvgIpc) is 3.47. The Morgan fingerprint density at radius 1 is 1.02 bits per heavy atom. The van der Waals surface area contributed by atoms with Crippen LogP contribution in [0.2, 0.25) is 5.02 Å². The van der Waals surface area contributed by atoms with E-state index in [1.54, 1.807) is 48.5 Å². The first-order valence-corrected chi connectivity index (χ1v) is 13.2. The number of nitrogens with zero attached hydrogens (tertiary/aromatic N) is 3. The fourth-order valence-corrected chi connectivity index (χ4v) is 4.79. The van der Waals surface area contributed by atoms with Gasteiger partial charge in [0, 0.05) is 5.56 Å². The van der Waals surface area contributed by atoms with E-state index in [0.29, 0.717) is 28.3 Å². The summed E-state index contributed by atoms with van der Waals surface area (Å²) < 4.78 is 63.6. The molecule has 0 N–H and O–H groups in total. The van der Waals surface area contributed by atoms with Crippen LogP contribution in [-0.4, -0.2) is 29.8 Å². The smallest absolute Gasteiger partial charge is 0.416 e. The first-order valence-electron chi connectivity index (χ1n) is 12.8. The first-order chi connectivity index (χ1) is 20.7. The Labute approximate surface area is 247 Å². The summed E-state index contributed by atoms with van der Waals surface area (Å²) in [5, 5.41) is 4.78. The molecule has 0 unspecified atom stereocenters. The summed E-state index contributed by atoms with van der Waals surface area (Å²) in [6.07, 6.45) is -3.24. The van der Waals surface area contributed by atoms with Gasteiger partial charge in [-0.05, 0) is 59.7 Å². The maximum atomic E-state index is 13.5. The Morgan fingerprint density at radius 3 is 2.65 bits per heavy atom. The number of methoxy groups -OCH3 is 1. The van der Waals surface area contributed by atoms with Gasteiger partial charge in [-0.1, -0.05) is 41.9 Å². The molecule has 0 atom stereocenters. The Balaban J connectivity index is 1.35. The van der Waals surface area contributed by atoms with Crippen molar-refractivity contribution in [3.8, 4) is 34.4 Å². The lowest BCUT2D eigenvalue weighted by molar-refractivity contribution is -0.137. The monoisotopic (exact) mass is 607 g/mol. The second-order valence-electron chi connectivity index (χ2n) is 9.40. The second-order valence-corrected chi connectivity index (χ2v) is 9.81. The molecule has 0 bridgehead atoms. The van der Waals surface area contributed by atoms with E-state index in [1.807, 2.05) is 6.07 Å². The zero-order valence-corrected chi connectivity index (χ0v) is 23.1. The molecule has 218 valence electrons. The number of ether oxygens (including phenoxy) is 4. The predicted octanol–water partition coefficient (Wildman–Crippen LogP) is 6.93. The van der Waals surface area contributed by atoms with Crippen molar-refractivity contribution in [2.75, 3.05) is 13.9 Å². The highest BCUT2D eigenvalue weighted by Gasteiger charge is 2.31. The molecule has 6 rings (SSSR count). The van der Waals surface area contributed by atoms with Gasteiger partial charge < -0.3 is 18.9 Å². The van der Waals surface area contributed by atoms with Gasteiger partial charge in [-0.25, -0.2) is 4.98 Å². The van der Waals surface area contributed by atoms with Gasteiger partial charge in [0.1, 0.15) is 6.61 Å². The molecule has 0 aliphatic carbocycles. The van der Waals surface area contributed by atoms with E-state index in [4.69, 9.17) is 30.5 Å². The zero-order chi connectivity index (χ0) is 30.1. The number of halogens is 4. The SMILES string of the molecule is COc1cc(C=Nn2c(-c3cccc(C(F)(F)F)c3)nc3ccccc3c2=O)cc(Cl)c1OCc1ccc2c(c1)OCO2. The summed E-state index contributed by atoms with van der Waals surface area (Å²) in [6.45, 7) is 0.323. The van der Waals surface area contributed by atoms with Gasteiger partial charge in [0.25, 0.3) is 5.56 Å². The van der Waals surface area contributed by atoms with Gasteiger partial charge in [-0.2, -0.15) is 22.9 Å². The minimum Gasteiger partial charge on any atom is -0.493 e. The van der Waals surface area contributed by atoms with Crippen LogP contribution in [0.5, 0.6) is 23.0 Å². The fraction of sp³-hybridized carbons (Fsp3) is 0.129. The summed E-state index contributed by atoms with van der Waals surface area (Å²) >= 11 is 6.55. The molecule has 0 radical (unpaired) electrons. The van der Waals surface area contributed by atoms with Gasteiger partial charge >= 0.3 is 6.18 Å². The van der Waals surface area contributed by atoms with Gasteiger partial charge in [0.05, 0.1) is 34.8 Å². The Bertz CT molecular complexity index is 1940. The van der Waals surface area contributed by atoms with Gasteiger partial charge in [-0.3, -0.25) is 4.79 Å². The third kappa shape index (κ3) is 5.71. The minimum atomic E-state index is -4.58. The van der Waals surface area contributed by atoms with E-state index in [-0.39, 0.29) is 40.9 Å². The maximum Gasteiger partial charge on any atom is 0.416 e. The summed E-state index contributed by atoms with van der Waals surface area (Å²) in [4.78, 5) is 17.9. The topological polar surface area (TPSA) is 84.2 Å². The van der Waals surface area contributed by atoms with Crippen molar-refractivity contribution in [1.82, 2.24) is 9.66 Å². The number of para-hydroxylation sites is 1. The average molecular weight is 608 g/mol. The lowest BCUT2D eigenvalue weighted by Crippen LogP contribution is -2.20. The number of rotatable bonds is 7. The quantitative estimate of drug-likeness (QED) is 0.187. The molecule has 0 amide bonds. The molecule has 0 saturated heterocycles. The summed E-state index contributed by atoms with van der Waals surface area (Å²) in [6, 6.07) is 19.7. The lowest BCUT2D eigenvalue weighted by atomic mass is 10.1. The molecular formula is C31H21ClF3N3O5. The summed E-state index contributed by atoms with van der Waals surface area (Å²) in [5.74, 6) is 1.80. The molecular weight excluding hydrogens is 587 g/mol. The van der Waals surface area contributed by atoms with Crippen molar-refractivity contribution in [2.45, 2.75) is 12.8 Å². The van der Waals surface area contributed by atoms with E-state index in [0.717, 1.165) is 22.4 Å². The number of hydrogen-bond acceptors (Lipinski definition) is 7. The van der Waals surface area contributed by atoms with Gasteiger partial charge in [0.2, 0.25) is 6.79 Å². The molecule has 1 aliphatic rings. The lowest BCUT2D eigenvalue weighted by Gasteiger charge is -2.14. The van der Waals surface area contributed by atoms with Crippen LogP contribution in [0.3, 0.4) is 0 Å². The largest absolute Gasteiger partial charge is 0.493 e. The van der Waals surface area contributed by atoms with E-state index in [9.17, 15) is 18.0 Å². The molecule has 2 heterocycles. The standard InChI is InChI=1S/C31H21ClF3N3O5/c1-40-27-13-19(11-23(32)28(27)41-16-18-9-10-25-26(12-18)43-17-42-25)15-36-38-29(20-5-4-6-21(14-20)31(33,34)35)37-24-8-3-2-7-22(24)30(38)39/h2-15H,16-17H2,1H3. The van der Waals surface area contributed by atoms with Crippen LogP contribution in [0.4, 0.5) is 13.2 Å². The highest BCUT2D eigenvalue weighted by atomic mass is 35.5. The van der Waals surface area contributed by atoms with Gasteiger partial charge in [0.15, 0.2) is 28.8 Å². The van der Waals surface area contributed by atoms with E-state index in [2.05, 4.69) is 10.1 Å². The molecule has 4 aromatic carbocycles. The zero-order valence-electron chi connectivity index (χ0n) is 22.4. The Kier molecular flexibility index (Phi) is 7.41. The predicted molar refractivity (Wildman–Crippen MR) is 154 cm³/mol. The number of hydrogen-bond donors (Lipinski definition) is 0. The first kappa shape index (κ1) is 28.1. The summed E-state index contributed by atoms with van der Waals surface area (Å²) in [5.41, 5.74) is 0.204. The Hall–Kier alpha value is -5.03. The molecule has 8 nitrogen and oxygen atoms in total. The number of fused-ring (bicyclic) bond motifs is 2. The highest BCUT2D eigenvalue weighted by molar-refractivity contribution is 6.32. The van der Waals surface area contributed by atoms with Crippen LogP contribution in [0.15, 0.2) is 88.8 Å². The van der Waals surface area contributed by atoms with Crippen molar-refractivity contribution in [3.05, 3.63) is 111 Å². The molecule has 1 aromatic heterocycles. The number of aromatic nitrogens is 2. The van der Waals surface area contributed by atoms with Crippen LogP contribution >= 0.6 is 11.6 Å². The molecule has 0 fully saturated rings. The van der Waals surface area contributed by atoms with Crippen LogP contribution in [0.1, 0.15) is 16.7 Å². The van der Waals surface area contributed by atoms with E-state index < -0.39 is 17.3 Å². The second kappa shape index (κ2) is 11.3. The molecule has 0 saturated carbocycles. The van der Waals surface area contributed by atoms with E-state index in [1.165, 1.54) is 25.5 Å². The molecule has 0 spiro atoms. The van der Waals surface area contributed by atoms with Crippen LogP contribution in [0, 0.1) is 0 Å². The Morgan fingerprint density at radius 2 is 1.84 bits per heavy atom. The fourth-order valence-electron chi connectivity index (χ4n) is 4.52. The van der Waals surface area contributed by atoms with Crippen molar-refractivity contribution >= 4 is 28.7 Å². The van der Waals surface area contributed by atoms with Crippen LogP contribution < -0.4 is 24.5 Å². The van der Waals surface area contributed by atoms with Crippen LogP contribution in [0.25, 0.3) is 22.3 Å². The highest BCUT2D eigenvalue weighted by Crippen LogP contribution is 2.38. The van der Waals surface area contributed by atoms with Crippen molar-refractivity contribution in [1.29, 1.82) is 0 Å². The van der Waals surface area contributed by atoms with Crippen molar-refractivity contribution in [2.24, 2.45) is 5.10 Å².